The number of hydrogen-bond acceptors (Lipinski definition) is 3. The van der Waals surface area contributed by atoms with Gasteiger partial charge in [0, 0.05) is 6.42 Å². The molecular formula is C13H24N2O3. The van der Waals surface area contributed by atoms with Crippen LogP contribution in [0.4, 0.5) is 0 Å². The van der Waals surface area contributed by atoms with Gasteiger partial charge >= 0.3 is 5.97 Å². The fourth-order valence-electron chi connectivity index (χ4n) is 1.83. The number of carbonyl (C=O) groups is 2. The van der Waals surface area contributed by atoms with Crippen molar-refractivity contribution < 1.29 is 14.7 Å². The first-order valence-corrected chi connectivity index (χ1v) is 6.23. The maximum Gasteiger partial charge on any atom is 0.326 e. The monoisotopic (exact) mass is 256 g/mol. The number of hydrogen-bond donors (Lipinski definition) is 3. The zero-order chi connectivity index (χ0) is 14.1. The number of nitrogens with two attached hydrogens (primary N) is 1. The van der Waals surface area contributed by atoms with Crippen molar-refractivity contribution in [3.63, 3.8) is 0 Å². The third kappa shape index (κ3) is 7.06. The Morgan fingerprint density at radius 2 is 2.06 bits per heavy atom. The minimum Gasteiger partial charge on any atom is -0.480 e. The standard InChI is InChI=1S/C13H24N2O3/c1-4-5-11(13(17)18)15-12(16)7-10(8-14)6-9(2)3/h4,9-11H,1,5-8,14H2,2-3H3,(H,15,16)(H,17,18). The molecule has 0 aromatic rings. The number of amides is 1. The van der Waals surface area contributed by atoms with Gasteiger partial charge in [0.1, 0.15) is 6.04 Å². The van der Waals surface area contributed by atoms with Crippen LogP contribution in [-0.2, 0) is 9.59 Å². The Balaban J connectivity index is 4.28. The lowest BCUT2D eigenvalue weighted by Gasteiger charge is -2.18. The first kappa shape index (κ1) is 16.6. The lowest BCUT2D eigenvalue weighted by Crippen LogP contribution is -2.41. The summed E-state index contributed by atoms with van der Waals surface area (Å²) in [6.45, 7) is 8.04. The molecule has 104 valence electrons. The molecule has 0 aliphatic carbocycles. The van der Waals surface area contributed by atoms with E-state index in [0.29, 0.717) is 12.5 Å². The number of carbonyl (C=O) groups excluding carboxylic acids is 1. The van der Waals surface area contributed by atoms with E-state index in [1.54, 1.807) is 0 Å². The summed E-state index contributed by atoms with van der Waals surface area (Å²) in [5, 5.41) is 11.4. The molecule has 0 rings (SSSR count). The van der Waals surface area contributed by atoms with Gasteiger partial charge < -0.3 is 16.2 Å². The van der Waals surface area contributed by atoms with Crippen molar-refractivity contribution >= 4 is 11.9 Å². The van der Waals surface area contributed by atoms with Gasteiger partial charge in [-0.2, -0.15) is 0 Å². The van der Waals surface area contributed by atoms with Gasteiger partial charge in [0.05, 0.1) is 0 Å². The van der Waals surface area contributed by atoms with E-state index in [0.717, 1.165) is 6.42 Å². The summed E-state index contributed by atoms with van der Waals surface area (Å²) in [4.78, 5) is 22.6. The van der Waals surface area contributed by atoms with E-state index in [1.165, 1.54) is 6.08 Å². The molecule has 0 heterocycles. The second kappa shape index (κ2) is 8.69. The van der Waals surface area contributed by atoms with Crippen molar-refractivity contribution in [1.82, 2.24) is 5.32 Å². The zero-order valence-electron chi connectivity index (χ0n) is 11.2. The Labute approximate surface area is 108 Å². The Hall–Kier alpha value is -1.36. The van der Waals surface area contributed by atoms with E-state index in [1.807, 2.05) is 0 Å². The molecule has 18 heavy (non-hydrogen) atoms. The predicted octanol–water partition coefficient (Wildman–Crippen LogP) is 1.14. The highest BCUT2D eigenvalue weighted by Gasteiger charge is 2.20. The van der Waals surface area contributed by atoms with Gasteiger partial charge in [0.15, 0.2) is 0 Å². The van der Waals surface area contributed by atoms with Gasteiger partial charge in [-0.25, -0.2) is 4.79 Å². The fourth-order valence-corrected chi connectivity index (χ4v) is 1.83. The minimum atomic E-state index is -1.04. The van der Waals surface area contributed by atoms with Crippen LogP contribution in [0.2, 0.25) is 0 Å². The zero-order valence-corrected chi connectivity index (χ0v) is 11.2. The van der Waals surface area contributed by atoms with Crippen LogP contribution in [0.25, 0.3) is 0 Å². The topological polar surface area (TPSA) is 92.4 Å². The maximum absolute atomic E-state index is 11.7. The third-order valence-corrected chi connectivity index (χ3v) is 2.65. The molecule has 0 aliphatic heterocycles. The molecule has 2 atom stereocenters. The van der Waals surface area contributed by atoms with E-state index in [4.69, 9.17) is 10.8 Å². The number of nitrogens with one attached hydrogen (secondary N) is 1. The molecular weight excluding hydrogens is 232 g/mol. The second-order valence-corrected chi connectivity index (χ2v) is 4.92. The van der Waals surface area contributed by atoms with Crippen LogP contribution in [0.1, 0.15) is 33.1 Å². The lowest BCUT2D eigenvalue weighted by atomic mass is 9.94. The summed E-state index contributed by atoms with van der Waals surface area (Å²) in [6, 6.07) is -0.896. The van der Waals surface area contributed by atoms with Gasteiger partial charge in [-0.05, 0) is 31.2 Å². The van der Waals surface area contributed by atoms with E-state index in [2.05, 4.69) is 25.7 Å². The Kier molecular flexibility index (Phi) is 8.03. The molecule has 5 nitrogen and oxygen atoms in total. The summed E-state index contributed by atoms with van der Waals surface area (Å²) in [7, 11) is 0. The summed E-state index contributed by atoms with van der Waals surface area (Å²) in [5.41, 5.74) is 5.61. The first-order valence-electron chi connectivity index (χ1n) is 6.23. The van der Waals surface area contributed by atoms with E-state index >= 15 is 0 Å². The smallest absolute Gasteiger partial charge is 0.326 e. The summed E-state index contributed by atoms with van der Waals surface area (Å²) >= 11 is 0. The van der Waals surface area contributed by atoms with Gasteiger partial charge in [-0.3, -0.25) is 4.79 Å². The summed E-state index contributed by atoms with van der Waals surface area (Å²) in [5.74, 6) is -0.741. The van der Waals surface area contributed by atoms with E-state index < -0.39 is 12.0 Å². The minimum absolute atomic E-state index is 0.100. The molecule has 5 heteroatoms. The van der Waals surface area contributed by atoms with Crippen LogP contribution in [0, 0.1) is 11.8 Å². The van der Waals surface area contributed by atoms with Gasteiger partial charge in [-0.15, -0.1) is 6.58 Å². The normalized spacial score (nSPS) is 14.0. The Morgan fingerprint density at radius 1 is 1.44 bits per heavy atom. The highest BCUT2D eigenvalue weighted by Crippen LogP contribution is 2.14. The van der Waals surface area contributed by atoms with Crippen LogP contribution in [0.3, 0.4) is 0 Å². The average molecular weight is 256 g/mol. The Morgan fingerprint density at radius 3 is 2.44 bits per heavy atom. The molecule has 0 saturated carbocycles. The first-order chi connectivity index (χ1) is 8.40. The SMILES string of the molecule is C=CCC(NC(=O)CC(CN)CC(C)C)C(=O)O. The number of carboxylic acids is 1. The van der Waals surface area contributed by atoms with Crippen LogP contribution >= 0.6 is 0 Å². The van der Waals surface area contributed by atoms with Crippen molar-refractivity contribution in [2.45, 2.75) is 39.2 Å². The second-order valence-electron chi connectivity index (χ2n) is 4.92. The summed E-state index contributed by atoms with van der Waals surface area (Å²) < 4.78 is 0. The van der Waals surface area contributed by atoms with Crippen molar-refractivity contribution in [3.8, 4) is 0 Å². The molecule has 0 spiro atoms. The largest absolute Gasteiger partial charge is 0.480 e. The van der Waals surface area contributed by atoms with Crippen molar-refractivity contribution in [2.24, 2.45) is 17.6 Å². The summed E-state index contributed by atoms with van der Waals surface area (Å²) in [6.07, 6.45) is 2.84. The van der Waals surface area contributed by atoms with Crippen molar-refractivity contribution in [2.75, 3.05) is 6.54 Å². The molecule has 0 bridgehead atoms. The Bertz CT molecular complexity index is 290. The number of rotatable bonds is 9. The van der Waals surface area contributed by atoms with Gasteiger partial charge in [0.2, 0.25) is 5.91 Å². The predicted molar refractivity (Wildman–Crippen MR) is 71.0 cm³/mol. The average Bonchev–Trinajstić information content (AvgIpc) is 2.26. The number of carboxylic acid groups (broad SMARTS) is 1. The molecule has 1 amide bonds. The molecule has 2 unspecified atom stereocenters. The number of aliphatic carboxylic acids is 1. The fraction of sp³-hybridized carbons (Fsp3) is 0.692. The van der Waals surface area contributed by atoms with Crippen LogP contribution in [-0.4, -0.2) is 29.6 Å². The molecule has 0 fully saturated rings. The quantitative estimate of drug-likeness (QED) is 0.539. The molecule has 0 radical (unpaired) electrons. The highest BCUT2D eigenvalue weighted by atomic mass is 16.4. The molecule has 0 aromatic carbocycles. The van der Waals surface area contributed by atoms with E-state index in [9.17, 15) is 9.59 Å². The maximum atomic E-state index is 11.7. The lowest BCUT2D eigenvalue weighted by molar-refractivity contribution is -0.141. The van der Waals surface area contributed by atoms with Crippen molar-refractivity contribution in [3.05, 3.63) is 12.7 Å². The molecule has 0 saturated heterocycles. The van der Waals surface area contributed by atoms with Crippen LogP contribution in [0.15, 0.2) is 12.7 Å². The van der Waals surface area contributed by atoms with Crippen LogP contribution in [0.5, 0.6) is 0 Å². The van der Waals surface area contributed by atoms with Gasteiger partial charge in [0.25, 0.3) is 0 Å². The van der Waals surface area contributed by atoms with Crippen LogP contribution < -0.4 is 11.1 Å². The molecule has 0 aromatic heterocycles. The molecule has 4 N–H and O–H groups in total. The molecule has 0 aliphatic rings. The third-order valence-electron chi connectivity index (χ3n) is 2.65. The van der Waals surface area contributed by atoms with E-state index in [-0.39, 0.29) is 24.7 Å². The highest BCUT2D eigenvalue weighted by molar-refractivity contribution is 5.83. The van der Waals surface area contributed by atoms with Crippen molar-refractivity contribution in [1.29, 1.82) is 0 Å². The van der Waals surface area contributed by atoms with Gasteiger partial charge in [-0.1, -0.05) is 19.9 Å².